The fourth-order valence-electron chi connectivity index (χ4n) is 1.29. The highest BCUT2D eigenvalue weighted by Gasteiger charge is 2.07. The summed E-state index contributed by atoms with van der Waals surface area (Å²) >= 11 is 0. The van der Waals surface area contributed by atoms with E-state index in [1.54, 1.807) is 12.1 Å². The summed E-state index contributed by atoms with van der Waals surface area (Å²) in [4.78, 5) is 24.9. The summed E-state index contributed by atoms with van der Waals surface area (Å²) in [5, 5.41) is 3.05. The minimum absolute atomic E-state index is 0.251. The van der Waals surface area contributed by atoms with Crippen LogP contribution < -0.4 is 5.32 Å². The number of H-pyrrole nitrogens is 1. The molecule has 0 atom stereocenters. The molecule has 0 aliphatic rings. The van der Waals surface area contributed by atoms with E-state index in [1.807, 2.05) is 0 Å². The van der Waals surface area contributed by atoms with Gasteiger partial charge in [-0.15, -0.1) is 0 Å². The molecule has 1 rings (SSSR count). The molecule has 6 heteroatoms. The predicted octanol–water partition coefficient (Wildman–Crippen LogP) is 0.454. The average molecular weight is 240 g/mol. The monoisotopic (exact) mass is 240 g/mol. The van der Waals surface area contributed by atoms with Gasteiger partial charge in [0.1, 0.15) is 5.69 Å². The molecule has 0 aliphatic carbocycles. The number of hydrogen-bond donors (Lipinski definition) is 2. The van der Waals surface area contributed by atoms with Crippen LogP contribution in [0.15, 0.2) is 12.1 Å². The van der Waals surface area contributed by atoms with Crippen LogP contribution in [-0.4, -0.2) is 37.7 Å². The lowest BCUT2D eigenvalue weighted by atomic mass is 10.4. The van der Waals surface area contributed by atoms with Gasteiger partial charge in [0.05, 0.1) is 20.6 Å². The molecule has 0 spiro atoms. The molecule has 1 aromatic rings. The lowest BCUT2D eigenvalue weighted by Crippen LogP contribution is -2.18. The van der Waals surface area contributed by atoms with E-state index in [9.17, 15) is 9.59 Å². The summed E-state index contributed by atoms with van der Waals surface area (Å²) < 4.78 is 9.07. The molecule has 0 unspecified atom stereocenters. The molecule has 0 aromatic carbocycles. The third-order valence-corrected chi connectivity index (χ3v) is 2.20. The van der Waals surface area contributed by atoms with E-state index in [4.69, 9.17) is 0 Å². The van der Waals surface area contributed by atoms with Gasteiger partial charge in [-0.25, -0.2) is 4.79 Å². The zero-order chi connectivity index (χ0) is 12.7. The molecule has 94 valence electrons. The first kappa shape index (κ1) is 13.2. The summed E-state index contributed by atoms with van der Waals surface area (Å²) in [5.74, 6) is -0.648. The van der Waals surface area contributed by atoms with Crippen molar-refractivity contribution in [2.75, 3.05) is 20.8 Å². The van der Waals surface area contributed by atoms with E-state index >= 15 is 0 Å². The second-order valence-corrected chi connectivity index (χ2v) is 3.39. The van der Waals surface area contributed by atoms with E-state index in [0.717, 1.165) is 5.69 Å². The first-order valence-electron chi connectivity index (χ1n) is 5.21. The number of aromatic amines is 1. The number of rotatable bonds is 6. The van der Waals surface area contributed by atoms with Crippen LogP contribution in [0.3, 0.4) is 0 Å². The van der Waals surface area contributed by atoms with Crippen molar-refractivity contribution in [2.45, 2.75) is 13.0 Å². The molecule has 0 bridgehead atoms. The van der Waals surface area contributed by atoms with Gasteiger partial charge in [-0.2, -0.15) is 0 Å². The molecule has 0 fully saturated rings. The van der Waals surface area contributed by atoms with Crippen LogP contribution in [0, 0.1) is 0 Å². The lowest BCUT2D eigenvalue weighted by Gasteiger charge is -2.02. The number of methoxy groups -OCH3 is 2. The summed E-state index contributed by atoms with van der Waals surface area (Å²) in [5.41, 5.74) is 1.27. The predicted molar refractivity (Wildman–Crippen MR) is 60.5 cm³/mol. The maximum absolute atomic E-state index is 11.1. The number of aromatic nitrogens is 1. The second kappa shape index (κ2) is 6.70. The van der Waals surface area contributed by atoms with Crippen LogP contribution in [0.1, 0.15) is 22.6 Å². The van der Waals surface area contributed by atoms with Crippen molar-refractivity contribution in [1.82, 2.24) is 10.3 Å². The normalized spacial score (nSPS) is 10.0. The zero-order valence-corrected chi connectivity index (χ0v) is 9.91. The largest absolute Gasteiger partial charge is 0.469 e. The number of carbonyl (C=O) groups is 2. The Morgan fingerprint density at radius 2 is 2.06 bits per heavy atom. The van der Waals surface area contributed by atoms with E-state index in [1.165, 1.54) is 14.2 Å². The van der Waals surface area contributed by atoms with Crippen molar-refractivity contribution >= 4 is 11.9 Å². The molecule has 0 aliphatic heterocycles. The fraction of sp³-hybridized carbons (Fsp3) is 0.455. The molecule has 0 amide bonds. The highest BCUT2D eigenvalue weighted by atomic mass is 16.5. The van der Waals surface area contributed by atoms with Crippen molar-refractivity contribution in [1.29, 1.82) is 0 Å². The zero-order valence-electron chi connectivity index (χ0n) is 9.91. The Hall–Kier alpha value is -1.82. The summed E-state index contributed by atoms with van der Waals surface area (Å²) in [6, 6.07) is 3.44. The van der Waals surface area contributed by atoms with Gasteiger partial charge in [-0.05, 0) is 12.1 Å². The molecule has 6 nitrogen and oxygen atoms in total. The van der Waals surface area contributed by atoms with Gasteiger partial charge >= 0.3 is 11.9 Å². The first-order valence-corrected chi connectivity index (χ1v) is 5.21. The average Bonchev–Trinajstić information content (AvgIpc) is 2.82. The van der Waals surface area contributed by atoms with Crippen molar-refractivity contribution in [3.05, 3.63) is 23.5 Å². The SMILES string of the molecule is COC(=O)CCNCc1ccc(C(=O)OC)[nH]1. The minimum atomic E-state index is -0.397. The van der Waals surface area contributed by atoms with Gasteiger partial charge in [0.15, 0.2) is 0 Å². The van der Waals surface area contributed by atoms with E-state index in [0.29, 0.717) is 25.2 Å². The highest BCUT2D eigenvalue weighted by Crippen LogP contribution is 2.02. The van der Waals surface area contributed by atoms with Crippen molar-refractivity contribution in [3.8, 4) is 0 Å². The van der Waals surface area contributed by atoms with E-state index in [2.05, 4.69) is 19.8 Å². The molecule has 0 saturated heterocycles. The van der Waals surface area contributed by atoms with Gasteiger partial charge < -0.3 is 19.8 Å². The summed E-state index contributed by atoms with van der Waals surface area (Å²) in [7, 11) is 2.69. The van der Waals surface area contributed by atoms with Gasteiger partial charge in [0, 0.05) is 18.8 Å². The molecule has 1 aromatic heterocycles. The Bertz CT molecular complexity index is 387. The maximum Gasteiger partial charge on any atom is 0.354 e. The number of ether oxygens (including phenoxy) is 2. The van der Waals surface area contributed by atoms with Gasteiger partial charge in [0.25, 0.3) is 0 Å². The number of nitrogens with one attached hydrogen (secondary N) is 2. The third-order valence-electron chi connectivity index (χ3n) is 2.20. The van der Waals surface area contributed by atoms with Crippen LogP contribution in [0.5, 0.6) is 0 Å². The number of hydrogen-bond acceptors (Lipinski definition) is 5. The fourth-order valence-corrected chi connectivity index (χ4v) is 1.29. The molecular formula is C11H16N2O4. The Morgan fingerprint density at radius 3 is 2.71 bits per heavy atom. The molecule has 0 saturated carbocycles. The van der Waals surface area contributed by atoms with Crippen LogP contribution in [0.2, 0.25) is 0 Å². The third kappa shape index (κ3) is 4.28. The minimum Gasteiger partial charge on any atom is -0.469 e. The highest BCUT2D eigenvalue weighted by molar-refractivity contribution is 5.87. The van der Waals surface area contributed by atoms with Crippen molar-refractivity contribution in [3.63, 3.8) is 0 Å². The second-order valence-electron chi connectivity index (χ2n) is 3.39. The molecular weight excluding hydrogens is 224 g/mol. The molecule has 17 heavy (non-hydrogen) atoms. The number of esters is 2. The quantitative estimate of drug-likeness (QED) is 0.557. The lowest BCUT2D eigenvalue weighted by molar-refractivity contribution is -0.140. The standard InChI is InChI=1S/C11H16N2O4/c1-16-10(14)5-6-12-7-8-3-4-9(13-8)11(15)17-2/h3-4,12-13H,5-7H2,1-2H3. The molecule has 0 radical (unpaired) electrons. The van der Waals surface area contributed by atoms with Gasteiger partial charge in [-0.3, -0.25) is 4.79 Å². The van der Waals surface area contributed by atoms with Gasteiger partial charge in [-0.1, -0.05) is 0 Å². The van der Waals surface area contributed by atoms with Crippen molar-refractivity contribution < 1.29 is 19.1 Å². The summed E-state index contributed by atoms with van der Waals surface area (Å²) in [6.07, 6.45) is 0.321. The molecule has 2 N–H and O–H groups in total. The maximum atomic E-state index is 11.1. The Kier molecular flexibility index (Phi) is 5.22. The Morgan fingerprint density at radius 1 is 1.29 bits per heavy atom. The van der Waals surface area contributed by atoms with E-state index < -0.39 is 5.97 Å². The van der Waals surface area contributed by atoms with Crippen LogP contribution in [0.4, 0.5) is 0 Å². The topological polar surface area (TPSA) is 80.4 Å². The summed E-state index contributed by atoms with van der Waals surface area (Å²) in [6.45, 7) is 1.08. The van der Waals surface area contributed by atoms with E-state index in [-0.39, 0.29) is 5.97 Å². The number of carbonyl (C=O) groups excluding carboxylic acids is 2. The van der Waals surface area contributed by atoms with Crippen LogP contribution in [0.25, 0.3) is 0 Å². The molecule has 1 heterocycles. The first-order chi connectivity index (χ1) is 8.17. The Balaban J connectivity index is 2.30. The smallest absolute Gasteiger partial charge is 0.354 e. The van der Waals surface area contributed by atoms with Gasteiger partial charge in [0.2, 0.25) is 0 Å². The van der Waals surface area contributed by atoms with Crippen molar-refractivity contribution in [2.24, 2.45) is 0 Å². The Labute approximate surface area is 99.3 Å². The van der Waals surface area contributed by atoms with Crippen LogP contribution in [-0.2, 0) is 20.8 Å². The van der Waals surface area contributed by atoms with Crippen LogP contribution >= 0.6 is 0 Å².